The molecular formula is C16H19NO5. The summed E-state index contributed by atoms with van der Waals surface area (Å²) in [5, 5.41) is 0. The van der Waals surface area contributed by atoms with E-state index in [1.54, 1.807) is 6.92 Å². The highest BCUT2D eigenvalue weighted by atomic mass is 16.6. The molecule has 1 saturated heterocycles. The summed E-state index contributed by atoms with van der Waals surface area (Å²) in [6, 6.07) is 8.50. The smallest absolute Gasteiger partial charge is 0.410 e. The summed E-state index contributed by atoms with van der Waals surface area (Å²) in [7, 11) is 0. The highest BCUT2D eigenvalue weighted by Gasteiger charge is 2.38. The number of carbonyl (C=O) groups is 3. The van der Waals surface area contributed by atoms with Crippen molar-refractivity contribution in [1.29, 1.82) is 0 Å². The lowest BCUT2D eigenvalue weighted by Gasteiger charge is -2.22. The zero-order valence-corrected chi connectivity index (χ0v) is 12.5. The van der Waals surface area contributed by atoms with Gasteiger partial charge in [0, 0.05) is 13.0 Å². The van der Waals surface area contributed by atoms with Gasteiger partial charge in [0.15, 0.2) is 5.78 Å². The third kappa shape index (κ3) is 4.07. The van der Waals surface area contributed by atoms with Crippen molar-refractivity contribution >= 4 is 17.8 Å². The van der Waals surface area contributed by atoms with Crippen LogP contribution in [0, 0.1) is 0 Å². The summed E-state index contributed by atoms with van der Waals surface area (Å²) >= 11 is 0. The predicted molar refractivity (Wildman–Crippen MR) is 78.0 cm³/mol. The molecule has 1 atom stereocenters. The number of likely N-dealkylation sites (tertiary alicyclic amines) is 1. The first-order valence-electron chi connectivity index (χ1n) is 7.27. The van der Waals surface area contributed by atoms with Gasteiger partial charge in [0.2, 0.25) is 0 Å². The minimum absolute atomic E-state index is 0.118. The van der Waals surface area contributed by atoms with Crippen LogP contribution in [-0.4, -0.2) is 41.9 Å². The van der Waals surface area contributed by atoms with Crippen molar-refractivity contribution < 1.29 is 23.9 Å². The van der Waals surface area contributed by atoms with E-state index in [0.29, 0.717) is 0 Å². The van der Waals surface area contributed by atoms with Gasteiger partial charge in [0.05, 0.1) is 13.0 Å². The van der Waals surface area contributed by atoms with Crippen molar-refractivity contribution in [1.82, 2.24) is 4.90 Å². The molecule has 0 saturated carbocycles. The van der Waals surface area contributed by atoms with Gasteiger partial charge in [-0.3, -0.25) is 14.5 Å². The van der Waals surface area contributed by atoms with Gasteiger partial charge in [0.25, 0.3) is 0 Å². The summed E-state index contributed by atoms with van der Waals surface area (Å²) in [4.78, 5) is 36.8. The molecule has 1 aromatic carbocycles. The van der Waals surface area contributed by atoms with E-state index in [1.807, 2.05) is 30.3 Å². The molecule has 1 aliphatic rings. The molecule has 1 unspecified atom stereocenters. The lowest BCUT2D eigenvalue weighted by atomic mass is 10.1. The van der Waals surface area contributed by atoms with E-state index >= 15 is 0 Å². The standard InChI is InChI=1S/C16H19NO5/c1-2-21-15(19)10-13-14(18)8-9-17(13)16(20)22-11-12-6-4-3-5-7-12/h3-7,13H,2,8-11H2,1H3. The maximum Gasteiger partial charge on any atom is 0.410 e. The number of amides is 1. The number of hydrogen-bond donors (Lipinski definition) is 0. The van der Waals surface area contributed by atoms with Crippen LogP contribution in [0.5, 0.6) is 0 Å². The number of Topliss-reactive ketones (excluding diaryl/α,β-unsaturated/α-hetero) is 1. The van der Waals surface area contributed by atoms with Gasteiger partial charge in [-0.05, 0) is 12.5 Å². The summed E-state index contributed by atoms with van der Waals surface area (Å²) in [5.74, 6) is -0.617. The normalized spacial score (nSPS) is 17.4. The van der Waals surface area contributed by atoms with Crippen molar-refractivity contribution in [3.05, 3.63) is 35.9 Å². The molecule has 0 bridgehead atoms. The Labute approximate surface area is 129 Å². The molecule has 1 aliphatic heterocycles. The quantitative estimate of drug-likeness (QED) is 0.777. The maximum atomic E-state index is 12.1. The van der Waals surface area contributed by atoms with Crippen molar-refractivity contribution in [2.45, 2.75) is 32.4 Å². The van der Waals surface area contributed by atoms with Gasteiger partial charge in [0.1, 0.15) is 12.6 Å². The van der Waals surface area contributed by atoms with Crippen molar-refractivity contribution in [2.24, 2.45) is 0 Å². The van der Waals surface area contributed by atoms with Crippen LogP contribution in [0.15, 0.2) is 30.3 Å². The van der Waals surface area contributed by atoms with Gasteiger partial charge in [-0.15, -0.1) is 0 Å². The average Bonchev–Trinajstić information content (AvgIpc) is 2.87. The number of nitrogens with zero attached hydrogens (tertiary/aromatic N) is 1. The summed E-state index contributed by atoms with van der Waals surface area (Å²) in [5.41, 5.74) is 0.864. The van der Waals surface area contributed by atoms with Crippen LogP contribution < -0.4 is 0 Å². The number of hydrogen-bond acceptors (Lipinski definition) is 5. The van der Waals surface area contributed by atoms with Crippen LogP contribution in [0.2, 0.25) is 0 Å². The molecule has 6 heteroatoms. The van der Waals surface area contributed by atoms with Gasteiger partial charge < -0.3 is 9.47 Å². The molecule has 6 nitrogen and oxygen atoms in total. The molecule has 0 spiro atoms. The number of esters is 1. The average molecular weight is 305 g/mol. The van der Waals surface area contributed by atoms with Gasteiger partial charge in [-0.25, -0.2) is 4.79 Å². The van der Waals surface area contributed by atoms with Crippen LogP contribution in [0.4, 0.5) is 4.79 Å². The molecule has 118 valence electrons. The number of benzene rings is 1. The van der Waals surface area contributed by atoms with E-state index in [-0.39, 0.29) is 38.4 Å². The highest BCUT2D eigenvalue weighted by Crippen LogP contribution is 2.19. The topological polar surface area (TPSA) is 72.9 Å². The van der Waals surface area contributed by atoms with E-state index in [2.05, 4.69) is 0 Å². The molecule has 0 radical (unpaired) electrons. The highest BCUT2D eigenvalue weighted by molar-refractivity contribution is 5.93. The minimum Gasteiger partial charge on any atom is -0.466 e. The summed E-state index contributed by atoms with van der Waals surface area (Å²) < 4.78 is 10.1. The number of ether oxygens (including phenoxy) is 2. The molecular weight excluding hydrogens is 286 g/mol. The Morgan fingerprint density at radius 1 is 1.23 bits per heavy atom. The number of rotatable bonds is 5. The minimum atomic E-state index is -0.776. The van der Waals surface area contributed by atoms with Gasteiger partial charge in [-0.2, -0.15) is 0 Å². The van der Waals surface area contributed by atoms with Crippen LogP contribution in [0.1, 0.15) is 25.3 Å². The Kier molecular flexibility index (Phi) is 5.52. The third-order valence-corrected chi connectivity index (χ3v) is 3.45. The molecule has 1 heterocycles. The maximum absolute atomic E-state index is 12.1. The Morgan fingerprint density at radius 2 is 1.95 bits per heavy atom. The van der Waals surface area contributed by atoms with E-state index in [9.17, 15) is 14.4 Å². The van der Waals surface area contributed by atoms with Crippen molar-refractivity contribution in [2.75, 3.05) is 13.2 Å². The molecule has 0 aromatic heterocycles. The first-order valence-corrected chi connectivity index (χ1v) is 7.27. The number of carbonyl (C=O) groups excluding carboxylic acids is 3. The van der Waals surface area contributed by atoms with E-state index in [0.717, 1.165) is 5.56 Å². The molecule has 1 amide bonds. The first kappa shape index (κ1) is 16.0. The Balaban J connectivity index is 1.92. The summed E-state index contributed by atoms with van der Waals surface area (Å²) in [6.07, 6.45) is -0.457. The fourth-order valence-electron chi connectivity index (χ4n) is 2.35. The second-order valence-corrected chi connectivity index (χ2v) is 4.97. The van der Waals surface area contributed by atoms with Gasteiger partial charge >= 0.3 is 12.1 Å². The monoisotopic (exact) mass is 305 g/mol. The Bertz CT molecular complexity index is 543. The predicted octanol–water partition coefficient (Wildman–Crippen LogP) is 1.92. The lowest BCUT2D eigenvalue weighted by Crippen LogP contribution is -2.40. The van der Waals surface area contributed by atoms with Crippen LogP contribution in [0.3, 0.4) is 0 Å². The molecule has 0 aliphatic carbocycles. The SMILES string of the molecule is CCOC(=O)CC1C(=O)CCN1C(=O)OCc1ccccc1. The van der Waals surface area contributed by atoms with Crippen LogP contribution >= 0.6 is 0 Å². The van der Waals surface area contributed by atoms with Gasteiger partial charge in [-0.1, -0.05) is 30.3 Å². The largest absolute Gasteiger partial charge is 0.466 e. The lowest BCUT2D eigenvalue weighted by molar-refractivity contribution is -0.145. The number of ketones is 1. The zero-order valence-electron chi connectivity index (χ0n) is 12.5. The molecule has 1 fully saturated rings. The summed E-state index contributed by atoms with van der Waals surface area (Å²) in [6.45, 7) is 2.35. The fraction of sp³-hybridized carbons (Fsp3) is 0.438. The first-order chi connectivity index (χ1) is 10.6. The van der Waals surface area contributed by atoms with Crippen LogP contribution in [0.25, 0.3) is 0 Å². The third-order valence-electron chi connectivity index (χ3n) is 3.45. The van der Waals surface area contributed by atoms with Crippen molar-refractivity contribution in [3.63, 3.8) is 0 Å². The van der Waals surface area contributed by atoms with E-state index in [4.69, 9.17) is 9.47 Å². The van der Waals surface area contributed by atoms with E-state index < -0.39 is 18.1 Å². The van der Waals surface area contributed by atoms with Crippen molar-refractivity contribution in [3.8, 4) is 0 Å². The van der Waals surface area contributed by atoms with E-state index in [1.165, 1.54) is 4.90 Å². The Hall–Kier alpha value is -2.37. The second-order valence-electron chi connectivity index (χ2n) is 4.97. The molecule has 1 aromatic rings. The zero-order chi connectivity index (χ0) is 15.9. The fourth-order valence-corrected chi connectivity index (χ4v) is 2.35. The Morgan fingerprint density at radius 3 is 2.64 bits per heavy atom. The molecule has 0 N–H and O–H groups in total. The van der Waals surface area contributed by atoms with Crippen LogP contribution in [-0.2, 0) is 25.7 Å². The molecule has 2 rings (SSSR count). The molecule has 22 heavy (non-hydrogen) atoms. The second kappa shape index (κ2) is 7.59.